The standard InChI is InChI=1S/C26H17Br2F3N2O7S/c1-38-20-4-2-3-5-21(20)39-9-8-32-24(34)22(41-25(32)35)12-14-10-16(27)23(17(28)11-14)40-19-7-6-15(26(29,30)31)13-18(19)33(36)37/h2-7,10-13H,8-9H2,1H3/b22-12-. The van der Waals surface area contributed by atoms with Crippen LogP contribution in [0.5, 0.6) is 23.0 Å². The van der Waals surface area contributed by atoms with Gasteiger partial charge in [-0.15, -0.1) is 0 Å². The summed E-state index contributed by atoms with van der Waals surface area (Å²) in [4.78, 5) is 37.0. The second-order valence-electron chi connectivity index (χ2n) is 8.19. The molecule has 0 unspecified atom stereocenters. The summed E-state index contributed by atoms with van der Waals surface area (Å²) >= 11 is 7.33. The number of ether oxygens (including phenoxy) is 3. The van der Waals surface area contributed by atoms with Gasteiger partial charge in [-0.2, -0.15) is 13.2 Å². The van der Waals surface area contributed by atoms with Crippen LogP contribution >= 0.6 is 43.6 Å². The topological polar surface area (TPSA) is 108 Å². The predicted molar refractivity (Wildman–Crippen MR) is 151 cm³/mol. The van der Waals surface area contributed by atoms with Gasteiger partial charge in [0, 0.05) is 6.07 Å². The fourth-order valence-corrected chi connectivity index (χ4v) is 5.87. The summed E-state index contributed by atoms with van der Waals surface area (Å²) in [6.45, 7) is 0.0526. The van der Waals surface area contributed by atoms with Crippen LogP contribution in [0.2, 0.25) is 0 Å². The molecule has 15 heteroatoms. The molecule has 1 aliphatic heterocycles. The van der Waals surface area contributed by atoms with Crippen LogP contribution in [0.25, 0.3) is 6.08 Å². The van der Waals surface area contributed by atoms with Crippen LogP contribution in [0.1, 0.15) is 11.1 Å². The van der Waals surface area contributed by atoms with Gasteiger partial charge < -0.3 is 14.2 Å². The number of para-hydroxylation sites is 2. The maximum Gasteiger partial charge on any atom is 0.416 e. The molecule has 2 amide bonds. The average molecular weight is 718 g/mol. The molecule has 3 aromatic carbocycles. The number of methoxy groups -OCH3 is 1. The summed E-state index contributed by atoms with van der Waals surface area (Å²) in [7, 11) is 1.50. The van der Waals surface area contributed by atoms with E-state index >= 15 is 0 Å². The van der Waals surface area contributed by atoms with Crippen LogP contribution in [-0.4, -0.2) is 41.2 Å². The molecule has 0 bridgehead atoms. The zero-order valence-corrected chi connectivity index (χ0v) is 24.7. The van der Waals surface area contributed by atoms with E-state index in [0.717, 1.165) is 22.7 Å². The van der Waals surface area contributed by atoms with Crippen molar-refractivity contribution in [3.05, 3.63) is 89.7 Å². The number of nitro groups is 1. The van der Waals surface area contributed by atoms with Crippen molar-refractivity contribution in [2.24, 2.45) is 0 Å². The van der Waals surface area contributed by atoms with Gasteiger partial charge in [-0.25, -0.2) is 0 Å². The lowest BCUT2D eigenvalue weighted by molar-refractivity contribution is -0.385. The highest BCUT2D eigenvalue weighted by Crippen LogP contribution is 2.43. The SMILES string of the molecule is COc1ccccc1OCCN1C(=O)S/C(=C\c2cc(Br)c(Oc3ccc(C(F)(F)F)cc3[N+](=O)[O-])c(Br)c2)C1=O. The molecular formula is C26H17Br2F3N2O7S. The zero-order chi connectivity index (χ0) is 29.9. The highest BCUT2D eigenvalue weighted by atomic mass is 79.9. The van der Waals surface area contributed by atoms with Crippen molar-refractivity contribution in [3.8, 4) is 23.0 Å². The number of carbonyl (C=O) groups is 2. The van der Waals surface area contributed by atoms with Crippen LogP contribution in [-0.2, 0) is 11.0 Å². The number of thioether (sulfide) groups is 1. The van der Waals surface area contributed by atoms with Crippen molar-refractivity contribution >= 4 is 66.5 Å². The van der Waals surface area contributed by atoms with Crippen LogP contribution in [0.3, 0.4) is 0 Å². The first-order chi connectivity index (χ1) is 19.4. The van der Waals surface area contributed by atoms with Crippen LogP contribution in [0.15, 0.2) is 68.4 Å². The molecule has 0 atom stereocenters. The van der Waals surface area contributed by atoms with Gasteiger partial charge in [-0.1, -0.05) is 12.1 Å². The molecule has 214 valence electrons. The maximum absolute atomic E-state index is 13.0. The highest BCUT2D eigenvalue weighted by molar-refractivity contribution is 9.11. The van der Waals surface area contributed by atoms with E-state index in [1.165, 1.54) is 25.3 Å². The van der Waals surface area contributed by atoms with Crippen molar-refractivity contribution < 1.29 is 41.9 Å². The number of hydrogen-bond donors (Lipinski definition) is 0. The quantitative estimate of drug-likeness (QED) is 0.124. The van der Waals surface area contributed by atoms with Gasteiger partial charge in [0.15, 0.2) is 17.2 Å². The van der Waals surface area contributed by atoms with Crippen molar-refractivity contribution in [2.75, 3.05) is 20.3 Å². The summed E-state index contributed by atoms with van der Waals surface area (Å²) in [5.74, 6) is 0.103. The van der Waals surface area contributed by atoms with Gasteiger partial charge in [0.1, 0.15) is 6.61 Å². The van der Waals surface area contributed by atoms with Gasteiger partial charge in [0.2, 0.25) is 5.75 Å². The lowest BCUT2D eigenvalue weighted by Gasteiger charge is -2.14. The Morgan fingerprint density at radius 2 is 1.68 bits per heavy atom. The van der Waals surface area contributed by atoms with Gasteiger partial charge in [-0.05, 0) is 91.7 Å². The fraction of sp³-hybridized carbons (Fsp3) is 0.154. The van der Waals surface area contributed by atoms with Crippen molar-refractivity contribution in [2.45, 2.75) is 6.18 Å². The van der Waals surface area contributed by atoms with E-state index < -0.39 is 39.2 Å². The number of benzene rings is 3. The van der Waals surface area contributed by atoms with Crippen molar-refractivity contribution in [1.82, 2.24) is 4.90 Å². The van der Waals surface area contributed by atoms with E-state index in [1.54, 1.807) is 24.3 Å². The number of hydrogen-bond acceptors (Lipinski definition) is 8. The monoisotopic (exact) mass is 716 g/mol. The molecule has 1 heterocycles. The first-order valence-electron chi connectivity index (χ1n) is 11.4. The molecular weight excluding hydrogens is 701 g/mol. The van der Waals surface area contributed by atoms with E-state index in [2.05, 4.69) is 31.9 Å². The molecule has 0 N–H and O–H groups in total. The number of rotatable bonds is 9. The van der Waals surface area contributed by atoms with E-state index in [-0.39, 0.29) is 32.8 Å². The van der Waals surface area contributed by atoms with Gasteiger partial charge >= 0.3 is 11.9 Å². The number of nitro benzene ring substituents is 1. The van der Waals surface area contributed by atoms with Gasteiger partial charge in [-0.3, -0.25) is 24.6 Å². The molecule has 0 radical (unpaired) electrons. The van der Waals surface area contributed by atoms with E-state index in [0.29, 0.717) is 29.2 Å². The Balaban J connectivity index is 1.50. The number of nitrogens with zero attached hydrogens (tertiary/aromatic N) is 2. The summed E-state index contributed by atoms with van der Waals surface area (Å²) in [6.07, 6.45) is -3.29. The third-order valence-electron chi connectivity index (χ3n) is 5.53. The Morgan fingerprint density at radius 1 is 1.02 bits per heavy atom. The largest absolute Gasteiger partial charge is 0.493 e. The molecule has 1 aliphatic rings. The third-order valence-corrected chi connectivity index (χ3v) is 7.61. The van der Waals surface area contributed by atoms with Crippen LogP contribution in [0.4, 0.5) is 23.7 Å². The number of alkyl halides is 3. The Kier molecular flexibility index (Phi) is 9.29. The molecule has 4 rings (SSSR count). The predicted octanol–water partition coefficient (Wildman–Crippen LogP) is 8.05. The highest BCUT2D eigenvalue weighted by Gasteiger charge is 2.35. The Labute approximate surface area is 251 Å². The first-order valence-corrected chi connectivity index (χ1v) is 13.8. The molecule has 9 nitrogen and oxygen atoms in total. The lowest BCUT2D eigenvalue weighted by atomic mass is 10.1. The molecule has 41 heavy (non-hydrogen) atoms. The maximum atomic E-state index is 13.0. The van der Waals surface area contributed by atoms with Crippen molar-refractivity contribution in [3.63, 3.8) is 0 Å². The number of halogens is 5. The molecule has 0 spiro atoms. The Morgan fingerprint density at radius 3 is 2.29 bits per heavy atom. The average Bonchev–Trinajstić information content (AvgIpc) is 3.17. The smallest absolute Gasteiger partial charge is 0.416 e. The van der Waals surface area contributed by atoms with Gasteiger partial charge in [0.25, 0.3) is 11.1 Å². The Hall–Kier alpha value is -3.56. The lowest BCUT2D eigenvalue weighted by Crippen LogP contribution is -2.32. The molecule has 1 fully saturated rings. The summed E-state index contributed by atoms with van der Waals surface area (Å²) in [5.41, 5.74) is -1.59. The minimum atomic E-state index is -4.77. The van der Waals surface area contributed by atoms with Crippen molar-refractivity contribution in [1.29, 1.82) is 0 Å². The van der Waals surface area contributed by atoms with Crippen LogP contribution < -0.4 is 14.2 Å². The zero-order valence-electron chi connectivity index (χ0n) is 20.7. The summed E-state index contributed by atoms with van der Waals surface area (Å²) in [6, 6.07) is 11.9. The molecule has 1 saturated heterocycles. The number of carbonyl (C=O) groups excluding carboxylic acids is 2. The normalized spacial score (nSPS) is 14.5. The molecule has 0 aliphatic carbocycles. The van der Waals surface area contributed by atoms with E-state index in [9.17, 15) is 32.9 Å². The number of imide groups is 1. The second-order valence-corrected chi connectivity index (χ2v) is 10.9. The second kappa shape index (κ2) is 12.5. The molecule has 0 saturated carbocycles. The number of amides is 2. The molecule has 3 aromatic rings. The Bertz CT molecular complexity index is 1540. The van der Waals surface area contributed by atoms with Gasteiger partial charge in [0.05, 0.1) is 38.0 Å². The summed E-state index contributed by atoms with van der Waals surface area (Å²) in [5, 5.41) is 10.9. The minimum Gasteiger partial charge on any atom is -0.493 e. The molecule has 0 aromatic heterocycles. The minimum absolute atomic E-state index is 0.00608. The van der Waals surface area contributed by atoms with Crippen LogP contribution in [0, 0.1) is 10.1 Å². The fourth-order valence-electron chi connectivity index (χ4n) is 3.62. The third kappa shape index (κ3) is 7.02. The summed E-state index contributed by atoms with van der Waals surface area (Å²) < 4.78 is 56.1. The first kappa shape index (κ1) is 30.4. The van der Waals surface area contributed by atoms with E-state index in [1.807, 2.05) is 0 Å². The van der Waals surface area contributed by atoms with E-state index in [4.69, 9.17) is 14.2 Å².